The molecule has 0 aliphatic carbocycles. The van der Waals surface area contributed by atoms with Crippen LogP contribution in [0.15, 0.2) is 36.4 Å². The Labute approximate surface area is 121 Å². The van der Waals surface area contributed by atoms with Crippen LogP contribution in [0.1, 0.15) is 5.56 Å². The summed E-state index contributed by atoms with van der Waals surface area (Å²) in [7, 11) is 1.57. The molecule has 0 saturated carbocycles. The Bertz CT molecular complexity index is 588. The van der Waals surface area contributed by atoms with Gasteiger partial charge in [0.15, 0.2) is 0 Å². The van der Waals surface area contributed by atoms with Crippen molar-refractivity contribution in [3.8, 4) is 11.5 Å². The summed E-state index contributed by atoms with van der Waals surface area (Å²) in [6, 6.07) is 10.5. The summed E-state index contributed by atoms with van der Waals surface area (Å²) in [5, 5.41) is 1.18. The quantitative estimate of drug-likeness (QED) is 0.862. The minimum absolute atomic E-state index is 0.349. The van der Waals surface area contributed by atoms with E-state index in [-0.39, 0.29) is 0 Å². The Morgan fingerprint density at radius 1 is 1.11 bits per heavy atom. The average Bonchev–Trinajstić information content (AvgIpc) is 2.38. The van der Waals surface area contributed by atoms with Gasteiger partial charge >= 0.3 is 0 Å². The second-order valence-corrected chi connectivity index (χ2v) is 4.77. The normalized spacial score (nSPS) is 10.3. The van der Waals surface area contributed by atoms with Crippen molar-refractivity contribution < 1.29 is 9.47 Å². The van der Waals surface area contributed by atoms with Crippen molar-refractivity contribution in [2.75, 3.05) is 12.8 Å². The summed E-state index contributed by atoms with van der Waals surface area (Å²) >= 11 is 11.9. The molecule has 0 aromatic heterocycles. The number of anilines is 1. The minimum atomic E-state index is 0.349. The first-order valence-electron chi connectivity index (χ1n) is 5.60. The first-order valence-corrected chi connectivity index (χ1v) is 6.36. The molecule has 0 saturated heterocycles. The zero-order valence-electron chi connectivity index (χ0n) is 10.3. The predicted molar refractivity (Wildman–Crippen MR) is 78.2 cm³/mol. The third-order valence-electron chi connectivity index (χ3n) is 2.61. The molecule has 0 fully saturated rings. The molecule has 5 heteroatoms. The molecule has 0 heterocycles. The first kappa shape index (κ1) is 13.8. The van der Waals surface area contributed by atoms with Gasteiger partial charge in [-0.1, -0.05) is 29.3 Å². The van der Waals surface area contributed by atoms with Crippen LogP contribution in [0.4, 0.5) is 5.69 Å². The molecular weight excluding hydrogens is 285 g/mol. The first-order chi connectivity index (χ1) is 9.10. The van der Waals surface area contributed by atoms with Crippen LogP contribution in [0.5, 0.6) is 11.5 Å². The molecule has 100 valence electrons. The summed E-state index contributed by atoms with van der Waals surface area (Å²) in [5.74, 6) is 1.28. The number of halogens is 2. The maximum atomic E-state index is 6.07. The third-order valence-corrected chi connectivity index (χ3v) is 3.20. The number of nitrogens with two attached hydrogens (primary N) is 1. The fourth-order valence-corrected chi connectivity index (χ4v) is 2.07. The predicted octanol–water partition coefficient (Wildman–Crippen LogP) is 4.16. The molecule has 3 nitrogen and oxygen atoms in total. The fraction of sp³-hybridized carbons (Fsp3) is 0.143. The van der Waals surface area contributed by atoms with Gasteiger partial charge in [-0.15, -0.1) is 0 Å². The maximum absolute atomic E-state index is 6.07. The summed E-state index contributed by atoms with van der Waals surface area (Å²) < 4.78 is 10.7. The minimum Gasteiger partial charge on any atom is -0.495 e. The fourth-order valence-electron chi connectivity index (χ4n) is 1.60. The number of hydrogen-bond donors (Lipinski definition) is 1. The highest BCUT2D eigenvalue weighted by Crippen LogP contribution is 2.27. The van der Waals surface area contributed by atoms with Gasteiger partial charge in [0.1, 0.15) is 18.1 Å². The van der Waals surface area contributed by atoms with Crippen molar-refractivity contribution in [2.45, 2.75) is 6.61 Å². The van der Waals surface area contributed by atoms with E-state index >= 15 is 0 Å². The molecule has 2 N–H and O–H groups in total. The Hall–Kier alpha value is -1.58. The molecule has 0 bridgehead atoms. The highest BCUT2D eigenvalue weighted by atomic mass is 35.5. The van der Waals surface area contributed by atoms with Crippen LogP contribution in [-0.2, 0) is 6.61 Å². The Kier molecular flexibility index (Phi) is 4.40. The number of methoxy groups -OCH3 is 1. The number of hydrogen-bond acceptors (Lipinski definition) is 3. The third kappa shape index (κ3) is 3.46. The van der Waals surface area contributed by atoms with Crippen LogP contribution >= 0.6 is 23.2 Å². The van der Waals surface area contributed by atoms with E-state index < -0.39 is 0 Å². The van der Waals surface area contributed by atoms with E-state index in [1.165, 1.54) is 0 Å². The van der Waals surface area contributed by atoms with Crippen molar-refractivity contribution >= 4 is 28.9 Å². The molecular formula is C14H13Cl2NO2. The standard InChI is InChI=1S/C14H13Cl2NO2/c1-18-14-5-4-11(7-13(14)17)19-8-9-2-3-10(15)6-12(9)16/h2-7H,8,17H2,1H3. The summed E-state index contributed by atoms with van der Waals surface area (Å²) in [6.07, 6.45) is 0. The molecule has 2 aromatic rings. The van der Waals surface area contributed by atoms with Crippen molar-refractivity contribution in [3.63, 3.8) is 0 Å². The van der Waals surface area contributed by atoms with Crippen LogP contribution in [0, 0.1) is 0 Å². The van der Waals surface area contributed by atoms with Crippen LogP contribution < -0.4 is 15.2 Å². The zero-order chi connectivity index (χ0) is 13.8. The van der Waals surface area contributed by atoms with Gasteiger partial charge in [0.05, 0.1) is 12.8 Å². The largest absolute Gasteiger partial charge is 0.495 e. The molecule has 2 aromatic carbocycles. The van der Waals surface area contributed by atoms with Crippen LogP contribution in [0.3, 0.4) is 0 Å². The lowest BCUT2D eigenvalue weighted by Gasteiger charge is -2.10. The number of rotatable bonds is 4. The van der Waals surface area contributed by atoms with Crippen LogP contribution in [-0.4, -0.2) is 7.11 Å². The second kappa shape index (κ2) is 6.04. The summed E-state index contributed by atoms with van der Waals surface area (Å²) in [6.45, 7) is 0.349. The average molecular weight is 298 g/mol. The van der Waals surface area contributed by atoms with Gasteiger partial charge < -0.3 is 15.2 Å². The van der Waals surface area contributed by atoms with Gasteiger partial charge in [0, 0.05) is 21.7 Å². The Balaban J connectivity index is 2.08. The molecule has 2 rings (SSSR count). The van der Waals surface area contributed by atoms with Gasteiger partial charge in [0.25, 0.3) is 0 Å². The van der Waals surface area contributed by atoms with Gasteiger partial charge in [-0.25, -0.2) is 0 Å². The summed E-state index contributed by atoms with van der Waals surface area (Å²) in [5.41, 5.74) is 7.19. The molecule has 0 aliphatic heterocycles. The lowest BCUT2D eigenvalue weighted by Crippen LogP contribution is -1.98. The van der Waals surface area contributed by atoms with E-state index in [9.17, 15) is 0 Å². The van der Waals surface area contributed by atoms with Crippen molar-refractivity contribution in [2.24, 2.45) is 0 Å². The van der Waals surface area contributed by atoms with Gasteiger partial charge in [-0.05, 0) is 24.3 Å². The van der Waals surface area contributed by atoms with Crippen molar-refractivity contribution in [1.82, 2.24) is 0 Å². The van der Waals surface area contributed by atoms with Crippen LogP contribution in [0.2, 0.25) is 10.0 Å². The molecule has 0 unspecified atom stereocenters. The number of ether oxygens (including phenoxy) is 2. The highest BCUT2D eigenvalue weighted by molar-refractivity contribution is 6.35. The van der Waals surface area contributed by atoms with Crippen molar-refractivity contribution in [3.05, 3.63) is 52.0 Å². The van der Waals surface area contributed by atoms with E-state index in [1.807, 2.05) is 6.07 Å². The van der Waals surface area contributed by atoms with Crippen LogP contribution in [0.25, 0.3) is 0 Å². The molecule has 0 spiro atoms. The Morgan fingerprint density at radius 3 is 2.53 bits per heavy atom. The zero-order valence-corrected chi connectivity index (χ0v) is 11.8. The van der Waals surface area contributed by atoms with Crippen molar-refractivity contribution in [1.29, 1.82) is 0 Å². The van der Waals surface area contributed by atoms with E-state index in [4.69, 9.17) is 38.4 Å². The number of nitrogen functional groups attached to an aromatic ring is 1. The lowest BCUT2D eigenvalue weighted by molar-refractivity contribution is 0.306. The monoisotopic (exact) mass is 297 g/mol. The molecule has 0 atom stereocenters. The topological polar surface area (TPSA) is 44.5 Å². The molecule has 0 aliphatic rings. The summed E-state index contributed by atoms with van der Waals surface area (Å²) in [4.78, 5) is 0. The highest BCUT2D eigenvalue weighted by Gasteiger charge is 2.04. The molecule has 0 radical (unpaired) electrons. The molecule has 0 amide bonds. The SMILES string of the molecule is COc1ccc(OCc2ccc(Cl)cc2Cl)cc1N. The molecule has 19 heavy (non-hydrogen) atoms. The van der Waals surface area contributed by atoms with Gasteiger partial charge in [-0.2, -0.15) is 0 Å². The lowest BCUT2D eigenvalue weighted by atomic mass is 10.2. The number of benzene rings is 2. The smallest absolute Gasteiger partial charge is 0.142 e. The second-order valence-electron chi connectivity index (χ2n) is 3.93. The van der Waals surface area contributed by atoms with E-state index in [0.29, 0.717) is 33.8 Å². The van der Waals surface area contributed by atoms with E-state index in [2.05, 4.69) is 0 Å². The van der Waals surface area contributed by atoms with E-state index in [0.717, 1.165) is 5.56 Å². The van der Waals surface area contributed by atoms with Gasteiger partial charge in [-0.3, -0.25) is 0 Å². The maximum Gasteiger partial charge on any atom is 0.142 e. The van der Waals surface area contributed by atoms with Gasteiger partial charge in [0.2, 0.25) is 0 Å². The van der Waals surface area contributed by atoms with E-state index in [1.54, 1.807) is 37.4 Å². The Morgan fingerprint density at radius 2 is 1.89 bits per heavy atom.